The highest BCUT2D eigenvalue weighted by atomic mass is 16.3. The Bertz CT molecular complexity index is 251. The van der Waals surface area contributed by atoms with Gasteiger partial charge in [-0.1, -0.05) is 19.8 Å². The highest BCUT2D eigenvalue weighted by molar-refractivity contribution is 5.74. The molecule has 1 rings (SSSR count). The molecule has 1 aliphatic carbocycles. The lowest BCUT2D eigenvalue weighted by Crippen LogP contribution is -2.46. The molecule has 1 unspecified atom stereocenters. The smallest absolute Gasteiger partial charge is 0.315 e. The van der Waals surface area contributed by atoms with Crippen molar-refractivity contribution in [2.45, 2.75) is 77.3 Å². The zero-order chi connectivity index (χ0) is 14.1. The van der Waals surface area contributed by atoms with Gasteiger partial charge in [-0.05, 0) is 51.4 Å². The summed E-state index contributed by atoms with van der Waals surface area (Å²) in [5.41, 5.74) is 0. The summed E-state index contributed by atoms with van der Waals surface area (Å²) in [6.45, 7) is 4.41. The number of carbonyl (C=O) groups is 1. The average Bonchev–Trinajstić information content (AvgIpc) is 2.39. The molecule has 4 nitrogen and oxygen atoms in total. The lowest BCUT2D eigenvalue weighted by Gasteiger charge is -2.29. The molecule has 0 spiro atoms. The van der Waals surface area contributed by atoms with Crippen molar-refractivity contribution in [1.82, 2.24) is 10.6 Å². The minimum Gasteiger partial charge on any atom is -0.396 e. The van der Waals surface area contributed by atoms with Crippen LogP contribution in [-0.2, 0) is 0 Å². The summed E-state index contributed by atoms with van der Waals surface area (Å²) in [6, 6.07) is 0.422. The number of hydrogen-bond acceptors (Lipinski definition) is 2. The monoisotopic (exact) mass is 270 g/mol. The van der Waals surface area contributed by atoms with Crippen LogP contribution in [0, 0.1) is 5.92 Å². The van der Waals surface area contributed by atoms with Crippen LogP contribution in [0.25, 0.3) is 0 Å². The summed E-state index contributed by atoms with van der Waals surface area (Å²) in [6.07, 6.45) is 8.89. The van der Waals surface area contributed by atoms with Gasteiger partial charge in [-0.2, -0.15) is 0 Å². The Balaban J connectivity index is 2.16. The second kappa shape index (κ2) is 9.18. The second-order valence-corrected chi connectivity index (χ2v) is 5.89. The van der Waals surface area contributed by atoms with E-state index in [2.05, 4.69) is 17.6 Å². The summed E-state index contributed by atoms with van der Waals surface area (Å²) in [5, 5.41) is 14.8. The third-order valence-electron chi connectivity index (χ3n) is 4.05. The molecule has 19 heavy (non-hydrogen) atoms. The molecule has 0 aliphatic heterocycles. The van der Waals surface area contributed by atoms with Crippen molar-refractivity contribution < 1.29 is 9.90 Å². The first-order valence-electron chi connectivity index (χ1n) is 7.83. The Hall–Kier alpha value is -0.770. The van der Waals surface area contributed by atoms with Crippen LogP contribution >= 0.6 is 0 Å². The quantitative estimate of drug-likeness (QED) is 0.666. The van der Waals surface area contributed by atoms with Gasteiger partial charge in [-0.3, -0.25) is 0 Å². The van der Waals surface area contributed by atoms with Gasteiger partial charge in [0.05, 0.1) is 0 Å². The number of urea groups is 1. The molecule has 0 heterocycles. The van der Waals surface area contributed by atoms with Crippen molar-refractivity contribution >= 4 is 6.03 Å². The van der Waals surface area contributed by atoms with E-state index in [0.717, 1.165) is 31.6 Å². The van der Waals surface area contributed by atoms with E-state index in [1.807, 2.05) is 6.92 Å². The van der Waals surface area contributed by atoms with E-state index in [4.69, 9.17) is 5.11 Å². The fraction of sp³-hybridized carbons (Fsp3) is 0.933. The molecule has 0 aromatic rings. The first-order valence-corrected chi connectivity index (χ1v) is 7.83. The van der Waals surface area contributed by atoms with Crippen LogP contribution in [-0.4, -0.2) is 29.8 Å². The van der Waals surface area contributed by atoms with Crippen LogP contribution in [0.1, 0.15) is 65.2 Å². The van der Waals surface area contributed by atoms with E-state index < -0.39 is 0 Å². The fourth-order valence-corrected chi connectivity index (χ4v) is 2.92. The van der Waals surface area contributed by atoms with E-state index in [1.54, 1.807) is 0 Å². The molecule has 4 heteroatoms. The number of nitrogens with one attached hydrogen (secondary N) is 2. The molecule has 112 valence electrons. The van der Waals surface area contributed by atoms with Gasteiger partial charge in [0.2, 0.25) is 0 Å². The summed E-state index contributed by atoms with van der Waals surface area (Å²) in [4.78, 5) is 11.8. The Morgan fingerprint density at radius 2 is 2.00 bits per heavy atom. The number of amides is 2. The second-order valence-electron chi connectivity index (χ2n) is 5.89. The standard InChI is InChI=1S/C15H30N2O2/c1-3-5-13-7-9-14(10-8-13)17-15(19)16-12(2)6-4-11-18/h12-14,18H,3-11H2,1-2H3,(H2,16,17,19). The zero-order valence-corrected chi connectivity index (χ0v) is 12.5. The van der Waals surface area contributed by atoms with E-state index in [0.29, 0.717) is 6.04 Å². The predicted molar refractivity (Wildman–Crippen MR) is 78.1 cm³/mol. The van der Waals surface area contributed by atoms with Crippen LogP contribution in [0.3, 0.4) is 0 Å². The fourth-order valence-electron chi connectivity index (χ4n) is 2.92. The highest BCUT2D eigenvalue weighted by Crippen LogP contribution is 2.27. The molecule has 0 saturated heterocycles. The molecule has 3 N–H and O–H groups in total. The zero-order valence-electron chi connectivity index (χ0n) is 12.5. The largest absolute Gasteiger partial charge is 0.396 e. The summed E-state index contributed by atoms with van der Waals surface area (Å²) in [7, 11) is 0. The number of hydrogen-bond donors (Lipinski definition) is 3. The van der Waals surface area contributed by atoms with E-state index in [9.17, 15) is 4.79 Å². The van der Waals surface area contributed by atoms with Crippen molar-refractivity contribution in [2.24, 2.45) is 5.92 Å². The SMILES string of the molecule is CCCC1CCC(NC(=O)NC(C)CCCO)CC1. The van der Waals surface area contributed by atoms with Gasteiger partial charge in [-0.25, -0.2) is 4.79 Å². The first-order chi connectivity index (χ1) is 9.15. The van der Waals surface area contributed by atoms with Crippen LogP contribution in [0.15, 0.2) is 0 Å². The van der Waals surface area contributed by atoms with Gasteiger partial charge < -0.3 is 15.7 Å². The Labute approximate surface area is 117 Å². The highest BCUT2D eigenvalue weighted by Gasteiger charge is 2.22. The lowest BCUT2D eigenvalue weighted by molar-refractivity contribution is 0.220. The lowest BCUT2D eigenvalue weighted by atomic mass is 9.83. The maximum absolute atomic E-state index is 11.8. The molecule has 2 amide bonds. The Kier molecular flexibility index (Phi) is 7.87. The molecular formula is C15H30N2O2. The van der Waals surface area contributed by atoms with Crippen LogP contribution in [0.4, 0.5) is 4.79 Å². The van der Waals surface area contributed by atoms with Gasteiger partial charge in [0.15, 0.2) is 0 Å². The predicted octanol–water partition coefficient (Wildman–Crippen LogP) is 2.81. The summed E-state index contributed by atoms with van der Waals surface area (Å²) < 4.78 is 0. The molecule has 0 aromatic heterocycles. The molecule has 0 bridgehead atoms. The van der Waals surface area contributed by atoms with Gasteiger partial charge in [-0.15, -0.1) is 0 Å². The maximum atomic E-state index is 11.8. The summed E-state index contributed by atoms with van der Waals surface area (Å²) in [5.74, 6) is 0.870. The van der Waals surface area contributed by atoms with E-state index in [-0.39, 0.29) is 18.7 Å². The van der Waals surface area contributed by atoms with Crippen molar-refractivity contribution in [1.29, 1.82) is 0 Å². The average molecular weight is 270 g/mol. The van der Waals surface area contributed by atoms with Crippen LogP contribution in [0.5, 0.6) is 0 Å². The van der Waals surface area contributed by atoms with E-state index in [1.165, 1.54) is 25.7 Å². The maximum Gasteiger partial charge on any atom is 0.315 e. The van der Waals surface area contributed by atoms with Crippen LogP contribution < -0.4 is 10.6 Å². The van der Waals surface area contributed by atoms with Gasteiger partial charge >= 0.3 is 6.03 Å². The van der Waals surface area contributed by atoms with E-state index >= 15 is 0 Å². The van der Waals surface area contributed by atoms with Crippen molar-refractivity contribution in [3.05, 3.63) is 0 Å². The van der Waals surface area contributed by atoms with Crippen molar-refractivity contribution in [3.63, 3.8) is 0 Å². The number of rotatable bonds is 7. The molecule has 1 aliphatic rings. The van der Waals surface area contributed by atoms with Gasteiger partial charge in [0, 0.05) is 18.7 Å². The molecule has 1 saturated carbocycles. The first kappa shape index (κ1) is 16.3. The summed E-state index contributed by atoms with van der Waals surface area (Å²) >= 11 is 0. The number of carbonyl (C=O) groups excluding carboxylic acids is 1. The van der Waals surface area contributed by atoms with Gasteiger partial charge in [0.1, 0.15) is 0 Å². The molecular weight excluding hydrogens is 240 g/mol. The Morgan fingerprint density at radius 3 is 2.58 bits per heavy atom. The number of aliphatic hydroxyl groups excluding tert-OH is 1. The third-order valence-corrected chi connectivity index (χ3v) is 4.05. The molecule has 0 aromatic carbocycles. The topological polar surface area (TPSA) is 61.4 Å². The molecule has 0 radical (unpaired) electrons. The normalized spacial score (nSPS) is 24.8. The van der Waals surface area contributed by atoms with Gasteiger partial charge in [0.25, 0.3) is 0 Å². The third kappa shape index (κ3) is 6.81. The minimum absolute atomic E-state index is 0.0515. The number of aliphatic hydroxyl groups is 1. The van der Waals surface area contributed by atoms with Crippen LogP contribution in [0.2, 0.25) is 0 Å². The van der Waals surface area contributed by atoms with Crippen molar-refractivity contribution in [3.8, 4) is 0 Å². The van der Waals surface area contributed by atoms with Crippen molar-refractivity contribution in [2.75, 3.05) is 6.61 Å². The minimum atomic E-state index is -0.0515. The molecule has 1 atom stereocenters. The molecule has 1 fully saturated rings. The Morgan fingerprint density at radius 1 is 1.32 bits per heavy atom.